The van der Waals surface area contributed by atoms with E-state index in [0.717, 1.165) is 0 Å². The maximum Gasteiger partial charge on any atom is 0.286 e. The van der Waals surface area contributed by atoms with E-state index in [1.54, 1.807) is 0 Å². The second kappa shape index (κ2) is 2.16. The highest BCUT2D eigenvalue weighted by Gasteiger charge is 2.09. The van der Waals surface area contributed by atoms with Crippen molar-refractivity contribution in [1.82, 2.24) is 15.0 Å². The fourth-order valence-electron chi connectivity index (χ4n) is 1.34. The van der Waals surface area contributed by atoms with Gasteiger partial charge in [-0.2, -0.15) is 4.98 Å². The standard InChI is InChI=1S/C8H5N3O3/c12-5-1-3-7(10-5)11-8-4(9-3)2-6(13)14-8/h1-2,12-13H,(H,10,11). The molecular weight excluding hydrogens is 186 g/mol. The minimum Gasteiger partial charge on any atom is -0.494 e. The molecule has 0 aliphatic rings. The smallest absolute Gasteiger partial charge is 0.286 e. The molecule has 0 radical (unpaired) electrons. The molecular formula is C8H5N3O3. The Hall–Kier alpha value is -2.24. The van der Waals surface area contributed by atoms with Crippen molar-refractivity contribution in [3.05, 3.63) is 12.1 Å². The molecule has 3 rings (SSSR count). The van der Waals surface area contributed by atoms with Gasteiger partial charge in [-0.25, -0.2) is 4.98 Å². The summed E-state index contributed by atoms with van der Waals surface area (Å²) < 4.78 is 4.87. The van der Waals surface area contributed by atoms with Crippen molar-refractivity contribution in [2.45, 2.75) is 0 Å². The Morgan fingerprint density at radius 1 is 1.14 bits per heavy atom. The van der Waals surface area contributed by atoms with Crippen LogP contribution in [0, 0.1) is 0 Å². The topological polar surface area (TPSA) is 95.2 Å². The van der Waals surface area contributed by atoms with Crippen LogP contribution >= 0.6 is 0 Å². The Kier molecular flexibility index (Phi) is 1.11. The number of nitrogens with one attached hydrogen (secondary N) is 1. The fraction of sp³-hybridized carbons (Fsp3) is 0. The summed E-state index contributed by atoms with van der Waals surface area (Å²) in [7, 11) is 0. The van der Waals surface area contributed by atoms with Crippen LogP contribution in [0.15, 0.2) is 16.5 Å². The Morgan fingerprint density at radius 2 is 2.00 bits per heavy atom. The number of furan rings is 1. The summed E-state index contributed by atoms with van der Waals surface area (Å²) in [6.07, 6.45) is 0. The highest BCUT2D eigenvalue weighted by molar-refractivity contribution is 5.83. The van der Waals surface area contributed by atoms with Crippen molar-refractivity contribution in [1.29, 1.82) is 0 Å². The third-order valence-corrected chi connectivity index (χ3v) is 1.90. The number of fused-ring (bicyclic) bond motifs is 2. The molecule has 6 nitrogen and oxygen atoms in total. The van der Waals surface area contributed by atoms with Crippen LogP contribution in [0.3, 0.4) is 0 Å². The average molecular weight is 191 g/mol. The van der Waals surface area contributed by atoms with Gasteiger partial charge in [-0.1, -0.05) is 0 Å². The van der Waals surface area contributed by atoms with Gasteiger partial charge in [0.15, 0.2) is 11.5 Å². The van der Waals surface area contributed by atoms with Gasteiger partial charge in [-0.3, -0.25) is 0 Å². The van der Waals surface area contributed by atoms with Gasteiger partial charge in [-0.05, 0) is 0 Å². The van der Waals surface area contributed by atoms with Gasteiger partial charge in [0, 0.05) is 6.07 Å². The Balaban J connectivity index is 2.49. The highest BCUT2D eigenvalue weighted by atomic mass is 16.5. The first-order chi connectivity index (χ1) is 6.72. The van der Waals surface area contributed by atoms with Gasteiger partial charge in [-0.15, -0.1) is 0 Å². The molecule has 0 bridgehead atoms. The van der Waals surface area contributed by atoms with Gasteiger partial charge in [0.2, 0.25) is 0 Å². The van der Waals surface area contributed by atoms with E-state index in [9.17, 15) is 0 Å². The average Bonchev–Trinajstić information content (AvgIpc) is 2.59. The van der Waals surface area contributed by atoms with Crippen LogP contribution in [0.1, 0.15) is 0 Å². The van der Waals surface area contributed by atoms with E-state index >= 15 is 0 Å². The van der Waals surface area contributed by atoms with Crippen molar-refractivity contribution in [2.75, 3.05) is 0 Å². The minimum atomic E-state index is -0.225. The van der Waals surface area contributed by atoms with Crippen molar-refractivity contribution >= 4 is 22.4 Å². The molecule has 0 spiro atoms. The van der Waals surface area contributed by atoms with Crippen molar-refractivity contribution < 1.29 is 14.6 Å². The summed E-state index contributed by atoms with van der Waals surface area (Å²) in [5, 5.41) is 18.2. The summed E-state index contributed by atoms with van der Waals surface area (Å²) in [5.41, 5.74) is 1.63. The molecule has 3 aromatic heterocycles. The molecule has 0 amide bonds. The van der Waals surface area contributed by atoms with Crippen molar-refractivity contribution in [2.24, 2.45) is 0 Å². The second-order valence-electron chi connectivity index (χ2n) is 2.89. The summed E-state index contributed by atoms with van der Waals surface area (Å²) in [5.74, 6) is -0.228. The molecule has 0 aromatic carbocycles. The van der Waals surface area contributed by atoms with Crippen molar-refractivity contribution in [3.8, 4) is 11.8 Å². The lowest BCUT2D eigenvalue weighted by molar-refractivity contribution is 0.344. The maximum absolute atomic E-state index is 9.14. The molecule has 3 N–H and O–H groups in total. The van der Waals surface area contributed by atoms with Gasteiger partial charge >= 0.3 is 0 Å². The van der Waals surface area contributed by atoms with E-state index in [-0.39, 0.29) is 17.5 Å². The zero-order chi connectivity index (χ0) is 9.71. The van der Waals surface area contributed by atoms with Crippen molar-refractivity contribution in [3.63, 3.8) is 0 Å². The Morgan fingerprint density at radius 3 is 2.86 bits per heavy atom. The van der Waals surface area contributed by atoms with E-state index in [2.05, 4.69) is 15.0 Å². The van der Waals surface area contributed by atoms with Crippen LogP contribution < -0.4 is 0 Å². The molecule has 0 aliphatic heterocycles. The monoisotopic (exact) mass is 191 g/mol. The molecule has 0 saturated carbocycles. The van der Waals surface area contributed by atoms with Crippen LogP contribution in [-0.2, 0) is 0 Å². The lowest BCUT2D eigenvalue weighted by Gasteiger charge is -1.86. The number of aromatic hydroxyl groups is 2. The third kappa shape index (κ3) is 0.846. The molecule has 0 unspecified atom stereocenters. The Labute approximate surface area is 76.8 Å². The molecule has 70 valence electrons. The van der Waals surface area contributed by atoms with Gasteiger partial charge in [0.05, 0.1) is 6.07 Å². The predicted molar refractivity (Wildman–Crippen MR) is 47.0 cm³/mol. The van der Waals surface area contributed by atoms with Crippen LogP contribution in [0.25, 0.3) is 22.4 Å². The quantitative estimate of drug-likeness (QED) is 0.494. The molecule has 0 atom stereocenters. The zero-order valence-electron chi connectivity index (χ0n) is 6.85. The minimum absolute atomic E-state index is 0.00289. The van der Waals surface area contributed by atoms with Crippen LogP contribution in [0.4, 0.5) is 0 Å². The SMILES string of the molecule is Oc1cc2nc3cc(O)oc3nc2[nH]1. The molecule has 3 heterocycles. The number of aromatic nitrogens is 3. The number of rotatable bonds is 0. The van der Waals surface area contributed by atoms with E-state index in [4.69, 9.17) is 14.6 Å². The van der Waals surface area contributed by atoms with Crippen LogP contribution in [0.5, 0.6) is 11.8 Å². The maximum atomic E-state index is 9.14. The molecule has 3 aromatic rings. The molecule has 14 heavy (non-hydrogen) atoms. The molecule has 0 fully saturated rings. The lowest BCUT2D eigenvalue weighted by atomic mass is 10.4. The van der Waals surface area contributed by atoms with E-state index in [0.29, 0.717) is 16.7 Å². The number of hydrogen-bond acceptors (Lipinski definition) is 5. The number of nitrogens with zero attached hydrogens (tertiary/aromatic N) is 2. The van der Waals surface area contributed by atoms with Crippen LogP contribution in [0.2, 0.25) is 0 Å². The van der Waals surface area contributed by atoms with E-state index in [1.807, 2.05) is 0 Å². The fourth-order valence-corrected chi connectivity index (χ4v) is 1.34. The van der Waals surface area contributed by atoms with Gasteiger partial charge < -0.3 is 19.6 Å². The number of H-pyrrole nitrogens is 1. The number of hydrogen-bond donors (Lipinski definition) is 3. The largest absolute Gasteiger partial charge is 0.494 e. The molecule has 6 heteroatoms. The molecule has 0 saturated heterocycles. The second-order valence-corrected chi connectivity index (χ2v) is 2.89. The summed E-state index contributed by atoms with van der Waals surface area (Å²) in [4.78, 5) is 10.7. The van der Waals surface area contributed by atoms with Gasteiger partial charge in [0.25, 0.3) is 11.7 Å². The molecule has 0 aliphatic carbocycles. The summed E-state index contributed by atoms with van der Waals surface area (Å²) in [6.45, 7) is 0. The Bertz CT molecular complexity index is 522. The lowest BCUT2D eigenvalue weighted by Crippen LogP contribution is -1.80. The highest BCUT2D eigenvalue weighted by Crippen LogP contribution is 2.24. The normalized spacial score (nSPS) is 11.4. The van der Waals surface area contributed by atoms with E-state index < -0.39 is 0 Å². The van der Waals surface area contributed by atoms with Crippen LogP contribution in [-0.4, -0.2) is 25.2 Å². The first-order valence-electron chi connectivity index (χ1n) is 3.90. The summed E-state index contributed by atoms with van der Waals surface area (Å²) >= 11 is 0. The zero-order valence-corrected chi connectivity index (χ0v) is 6.85. The predicted octanol–water partition coefficient (Wildman–Crippen LogP) is 1.12. The third-order valence-electron chi connectivity index (χ3n) is 1.90. The first-order valence-corrected chi connectivity index (χ1v) is 3.90. The number of aromatic amines is 1. The van der Waals surface area contributed by atoms with E-state index in [1.165, 1.54) is 12.1 Å². The summed E-state index contributed by atoms with van der Waals surface area (Å²) in [6, 6.07) is 2.82. The van der Waals surface area contributed by atoms with Gasteiger partial charge in [0.1, 0.15) is 11.0 Å². The first kappa shape index (κ1) is 7.19.